The number of imide groups is 1. The number of urea groups is 1. The second-order valence-electron chi connectivity index (χ2n) is 6.76. The number of para-hydroxylation sites is 1. The van der Waals surface area contributed by atoms with Crippen LogP contribution in [-0.4, -0.2) is 35.4 Å². The summed E-state index contributed by atoms with van der Waals surface area (Å²) in [5.41, 5.74) is 0.522. The van der Waals surface area contributed by atoms with E-state index >= 15 is 0 Å². The summed E-state index contributed by atoms with van der Waals surface area (Å²) in [6.45, 7) is 3.18. The first-order valence-electron chi connectivity index (χ1n) is 9.09. The lowest BCUT2D eigenvalue weighted by atomic mass is 10.2. The molecule has 0 bridgehead atoms. The monoisotopic (exact) mass is 431 g/mol. The van der Waals surface area contributed by atoms with Crippen LogP contribution in [0.15, 0.2) is 48.2 Å². The van der Waals surface area contributed by atoms with Gasteiger partial charge in [0.05, 0.1) is 16.8 Å². The summed E-state index contributed by atoms with van der Waals surface area (Å²) in [5.74, 6) is -1.50. The molecular formula is C21H19ClFN3O4. The zero-order valence-corrected chi connectivity index (χ0v) is 17.0. The van der Waals surface area contributed by atoms with Crippen LogP contribution in [0.2, 0.25) is 5.02 Å². The number of nitrogens with zero attached hydrogens (tertiary/aromatic N) is 1. The Morgan fingerprint density at radius 2 is 2.00 bits per heavy atom. The lowest BCUT2D eigenvalue weighted by molar-refractivity contribution is -0.127. The minimum Gasteiger partial charge on any atom is -0.489 e. The highest BCUT2D eigenvalue weighted by atomic mass is 35.5. The van der Waals surface area contributed by atoms with Gasteiger partial charge in [0.15, 0.2) is 0 Å². The fourth-order valence-corrected chi connectivity index (χ4v) is 2.97. The normalized spacial score (nSPS) is 15.0. The fraction of sp³-hybridized carbons (Fsp3) is 0.190. The molecule has 1 heterocycles. The molecule has 0 saturated carbocycles. The predicted molar refractivity (Wildman–Crippen MR) is 110 cm³/mol. The average molecular weight is 432 g/mol. The second kappa shape index (κ2) is 8.96. The van der Waals surface area contributed by atoms with Gasteiger partial charge in [0.2, 0.25) is 5.91 Å². The van der Waals surface area contributed by atoms with E-state index in [0.717, 1.165) is 4.90 Å². The van der Waals surface area contributed by atoms with Gasteiger partial charge >= 0.3 is 6.03 Å². The molecular weight excluding hydrogens is 413 g/mol. The van der Waals surface area contributed by atoms with Gasteiger partial charge in [-0.3, -0.25) is 9.59 Å². The van der Waals surface area contributed by atoms with Crippen molar-refractivity contribution in [2.75, 3.05) is 11.9 Å². The molecule has 30 heavy (non-hydrogen) atoms. The summed E-state index contributed by atoms with van der Waals surface area (Å²) in [6.07, 6.45) is 1.39. The Morgan fingerprint density at radius 1 is 1.27 bits per heavy atom. The van der Waals surface area contributed by atoms with Gasteiger partial charge in [0.25, 0.3) is 5.91 Å². The molecule has 0 atom stereocenters. The van der Waals surface area contributed by atoms with Crippen molar-refractivity contribution in [2.24, 2.45) is 0 Å². The largest absolute Gasteiger partial charge is 0.489 e. The van der Waals surface area contributed by atoms with Crippen LogP contribution in [0.25, 0.3) is 6.08 Å². The molecule has 156 valence electrons. The number of halogens is 2. The van der Waals surface area contributed by atoms with Crippen molar-refractivity contribution in [1.29, 1.82) is 0 Å². The first kappa shape index (κ1) is 21.3. The van der Waals surface area contributed by atoms with Crippen LogP contribution in [0.1, 0.15) is 19.4 Å². The SMILES string of the molecule is CC(C)Oc1ccc(/C=C2/NC(=O)N(CC(=O)Nc3ccccc3F)C2=O)cc1Cl. The summed E-state index contributed by atoms with van der Waals surface area (Å²) in [4.78, 5) is 37.6. The van der Waals surface area contributed by atoms with Crippen molar-refractivity contribution in [1.82, 2.24) is 10.2 Å². The number of rotatable bonds is 6. The first-order valence-corrected chi connectivity index (χ1v) is 9.47. The maximum atomic E-state index is 13.6. The molecule has 2 N–H and O–H groups in total. The van der Waals surface area contributed by atoms with Crippen molar-refractivity contribution in [3.63, 3.8) is 0 Å². The van der Waals surface area contributed by atoms with Crippen LogP contribution < -0.4 is 15.4 Å². The lowest BCUT2D eigenvalue weighted by Gasteiger charge is -2.12. The van der Waals surface area contributed by atoms with Crippen LogP contribution in [-0.2, 0) is 9.59 Å². The number of nitrogens with one attached hydrogen (secondary N) is 2. The van der Waals surface area contributed by atoms with E-state index in [9.17, 15) is 18.8 Å². The summed E-state index contributed by atoms with van der Waals surface area (Å²) in [6, 6.07) is 9.79. The number of amides is 4. The number of ether oxygens (including phenoxy) is 1. The molecule has 1 saturated heterocycles. The standard InChI is InChI=1S/C21H19ClFN3O4/c1-12(2)30-18-8-7-13(9-14(18)22)10-17-20(28)26(21(29)25-17)11-19(27)24-16-6-4-3-5-15(16)23/h3-10,12H,11H2,1-2H3,(H,24,27)(H,25,29)/b17-10+. The Kier molecular flexibility index (Phi) is 6.37. The Hall–Kier alpha value is -3.39. The third-order valence-corrected chi connectivity index (χ3v) is 4.34. The third kappa shape index (κ3) is 4.96. The molecule has 1 fully saturated rings. The number of carbonyl (C=O) groups excluding carboxylic acids is 3. The van der Waals surface area contributed by atoms with E-state index in [4.69, 9.17) is 16.3 Å². The van der Waals surface area contributed by atoms with Crippen molar-refractivity contribution in [2.45, 2.75) is 20.0 Å². The Balaban J connectivity index is 1.70. The highest BCUT2D eigenvalue weighted by Gasteiger charge is 2.35. The van der Waals surface area contributed by atoms with Gasteiger partial charge in [0.1, 0.15) is 23.8 Å². The lowest BCUT2D eigenvalue weighted by Crippen LogP contribution is -2.38. The summed E-state index contributed by atoms with van der Waals surface area (Å²) in [7, 11) is 0. The van der Waals surface area contributed by atoms with E-state index in [1.807, 2.05) is 13.8 Å². The Morgan fingerprint density at radius 3 is 2.67 bits per heavy atom. The zero-order valence-electron chi connectivity index (χ0n) is 16.2. The molecule has 7 nitrogen and oxygen atoms in total. The van der Waals surface area contributed by atoms with Crippen molar-refractivity contribution >= 4 is 41.2 Å². The molecule has 0 spiro atoms. The number of benzene rings is 2. The van der Waals surface area contributed by atoms with E-state index in [1.54, 1.807) is 24.3 Å². The van der Waals surface area contributed by atoms with Crippen LogP contribution in [0.5, 0.6) is 5.75 Å². The van der Waals surface area contributed by atoms with Gasteiger partial charge in [0, 0.05) is 0 Å². The van der Waals surface area contributed by atoms with Crippen molar-refractivity contribution in [3.05, 3.63) is 64.6 Å². The number of carbonyl (C=O) groups is 3. The van der Waals surface area contributed by atoms with Crippen LogP contribution in [0.4, 0.5) is 14.9 Å². The highest BCUT2D eigenvalue weighted by molar-refractivity contribution is 6.32. The Bertz CT molecular complexity index is 1040. The molecule has 2 aromatic rings. The second-order valence-corrected chi connectivity index (χ2v) is 7.17. The topological polar surface area (TPSA) is 87.7 Å². The molecule has 0 unspecified atom stereocenters. The number of hydrogen-bond acceptors (Lipinski definition) is 4. The quantitative estimate of drug-likeness (QED) is 0.538. The molecule has 1 aliphatic heterocycles. The smallest absolute Gasteiger partial charge is 0.329 e. The van der Waals surface area contributed by atoms with Gasteiger partial charge in [-0.05, 0) is 49.8 Å². The average Bonchev–Trinajstić information content (AvgIpc) is 2.93. The van der Waals surface area contributed by atoms with Crippen molar-refractivity contribution < 1.29 is 23.5 Å². The zero-order chi connectivity index (χ0) is 21.8. The van der Waals surface area contributed by atoms with Gasteiger partial charge in [-0.25, -0.2) is 14.1 Å². The summed E-state index contributed by atoms with van der Waals surface area (Å²) in [5, 5.41) is 5.11. The van der Waals surface area contributed by atoms with E-state index in [0.29, 0.717) is 16.3 Å². The molecule has 1 aliphatic rings. The predicted octanol–water partition coefficient (Wildman–Crippen LogP) is 3.80. The minimum atomic E-state index is -0.749. The van der Waals surface area contributed by atoms with Crippen LogP contribution in [0.3, 0.4) is 0 Å². The molecule has 0 aromatic heterocycles. The first-order chi connectivity index (χ1) is 14.2. The van der Waals surface area contributed by atoms with Gasteiger partial charge in [-0.1, -0.05) is 29.8 Å². The van der Waals surface area contributed by atoms with Crippen LogP contribution >= 0.6 is 11.6 Å². The van der Waals surface area contributed by atoms with Crippen molar-refractivity contribution in [3.8, 4) is 5.75 Å². The van der Waals surface area contributed by atoms with E-state index in [2.05, 4.69) is 10.6 Å². The maximum absolute atomic E-state index is 13.6. The van der Waals surface area contributed by atoms with E-state index in [-0.39, 0.29) is 17.5 Å². The van der Waals surface area contributed by atoms with E-state index in [1.165, 1.54) is 24.3 Å². The maximum Gasteiger partial charge on any atom is 0.329 e. The number of anilines is 1. The third-order valence-electron chi connectivity index (χ3n) is 4.04. The van der Waals surface area contributed by atoms with Gasteiger partial charge in [-0.15, -0.1) is 0 Å². The molecule has 0 radical (unpaired) electrons. The van der Waals surface area contributed by atoms with Gasteiger partial charge in [-0.2, -0.15) is 0 Å². The molecule has 2 aromatic carbocycles. The van der Waals surface area contributed by atoms with Gasteiger partial charge < -0.3 is 15.4 Å². The molecule has 3 rings (SSSR count). The highest BCUT2D eigenvalue weighted by Crippen LogP contribution is 2.27. The molecule has 0 aliphatic carbocycles. The summed E-state index contributed by atoms with van der Waals surface area (Å²) >= 11 is 6.19. The molecule has 9 heteroatoms. The van der Waals surface area contributed by atoms with E-state index < -0.39 is 30.2 Å². The number of hydrogen-bond donors (Lipinski definition) is 2. The Labute approximate surface area is 177 Å². The fourth-order valence-electron chi connectivity index (χ4n) is 2.73. The van der Waals surface area contributed by atoms with Crippen LogP contribution in [0, 0.1) is 5.82 Å². The summed E-state index contributed by atoms with van der Waals surface area (Å²) < 4.78 is 19.2. The minimum absolute atomic E-state index is 0.00714. The molecule has 4 amide bonds.